The molecule has 116 valence electrons. The van der Waals surface area contributed by atoms with Crippen LogP contribution >= 0.6 is 22.6 Å². The quantitative estimate of drug-likeness (QED) is 0.499. The van der Waals surface area contributed by atoms with Crippen LogP contribution in [-0.4, -0.2) is 25.4 Å². The number of ether oxygens (including phenoxy) is 1. The maximum Gasteiger partial charge on any atom is 0.250 e. The van der Waals surface area contributed by atoms with E-state index in [4.69, 9.17) is 10.5 Å². The topological polar surface area (TPSA) is 103 Å². The molecule has 1 aromatic carbocycles. The molecule has 0 aliphatic carbocycles. The zero-order valence-corrected chi connectivity index (χ0v) is 14.1. The number of nitrogens with one attached hydrogen (secondary N) is 1. The third-order valence-corrected chi connectivity index (χ3v) is 3.87. The molecule has 0 saturated heterocycles. The molecule has 1 atom stereocenters. The third kappa shape index (κ3) is 3.83. The van der Waals surface area contributed by atoms with Crippen molar-refractivity contribution >= 4 is 39.7 Å². The first-order valence-corrected chi connectivity index (χ1v) is 8.02. The molecule has 0 amide bonds. The Balaban J connectivity index is 1.95. The molecule has 1 unspecified atom stereocenters. The van der Waals surface area contributed by atoms with Crippen LogP contribution < -0.4 is 10.5 Å². The van der Waals surface area contributed by atoms with Gasteiger partial charge >= 0.3 is 0 Å². The molecular formula is C15H13IN6O. The molecular weight excluding hydrogens is 407 g/mol. The predicted molar refractivity (Wildman–Crippen MR) is 95.4 cm³/mol. The standard InChI is InChI=1S/C15H13IN6O/c16-12(10-8-6-4-2-1-3-5-7-9-10)23-14-11-13(21-22-20-11)18-15(17)19-14/h1-9,12H,(H3,17,18,19,20,21,22). The zero-order chi connectivity index (χ0) is 16.1. The lowest BCUT2D eigenvalue weighted by Gasteiger charge is -2.12. The van der Waals surface area contributed by atoms with Gasteiger partial charge in [-0.1, -0.05) is 59.8 Å². The highest BCUT2D eigenvalue weighted by molar-refractivity contribution is 14.1. The number of H-pyrrole nitrogens is 1. The minimum atomic E-state index is -0.278. The Hall–Kier alpha value is -2.49. The number of nitrogens with zero attached hydrogens (tertiary/aromatic N) is 4. The van der Waals surface area contributed by atoms with Crippen LogP contribution in [-0.2, 0) is 0 Å². The number of fused-ring (bicyclic) bond motifs is 1. The number of anilines is 1. The molecule has 0 aliphatic heterocycles. The number of alkyl halides is 1. The second-order valence-electron chi connectivity index (χ2n) is 4.51. The lowest BCUT2D eigenvalue weighted by atomic mass is 10.2. The van der Waals surface area contributed by atoms with Gasteiger partial charge in [-0.2, -0.15) is 9.97 Å². The highest BCUT2D eigenvalue weighted by Crippen LogP contribution is 2.29. The van der Waals surface area contributed by atoms with Crippen molar-refractivity contribution in [1.29, 1.82) is 0 Å². The number of nitrogens with two attached hydrogens (primary N) is 1. The first-order chi connectivity index (χ1) is 11.2. The molecule has 0 saturated carbocycles. The summed E-state index contributed by atoms with van der Waals surface area (Å²) < 4.78 is 5.63. The normalized spacial score (nSPS) is 11.7. The van der Waals surface area contributed by atoms with Crippen LogP contribution in [0.1, 0.15) is 9.67 Å². The number of aromatic nitrogens is 5. The Morgan fingerprint density at radius 2 is 1.65 bits per heavy atom. The summed E-state index contributed by atoms with van der Waals surface area (Å²) in [5.74, 6) is 0.400. The zero-order valence-electron chi connectivity index (χ0n) is 11.9. The average Bonchev–Trinajstić information content (AvgIpc) is 3.00. The van der Waals surface area contributed by atoms with Crippen molar-refractivity contribution in [2.75, 3.05) is 5.73 Å². The van der Waals surface area contributed by atoms with Gasteiger partial charge in [0.25, 0.3) is 5.88 Å². The van der Waals surface area contributed by atoms with Gasteiger partial charge in [-0.3, -0.25) is 0 Å². The summed E-state index contributed by atoms with van der Waals surface area (Å²) in [7, 11) is 0. The van der Waals surface area contributed by atoms with E-state index in [-0.39, 0.29) is 10.1 Å². The maximum absolute atomic E-state index is 5.91. The van der Waals surface area contributed by atoms with Crippen molar-refractivity contribution in [2.45, 2.75) is 4.11 Å². The van der Waals surface area contributed by atoms with Crippen molar-refractivity contribution in [3.05, 3.63) is 60.2 Å². The van der Waals surface area contributed by atoms with Crippen molar-refractivity contribution in [2.24, 2.45) is 0 Å². The van der Waals surface area contributed by atoms with E-state index in [1.54, 1.807) is 0 Å². The Kier molecular flexibility index (Phi) is 4.81. The van der Waals surface area contributed by atoms with Crippen LogP contribution in [0.4, 0.5) is 5.95 Å². The fraction of sp³-hybridized carbons (Fsp3) is 0.0667. The van der Waals surface area contributed by atoms with E-state index < -0.39 is 0 Å². The van der Waals surface area contributed by atoms with Crippen LogP contribution in [0.3, 0.4) is 0 Å². The number of nitrogen functional groups attached to an aromatic ring is 1. The first-order valence-electron chi connectivity index (χ1n) is 6.77. The van der Waals surface area contributed by atoms with Crippen LogP contribution in [0.2, 0.25) is 0 Å². The predicted octanol–water partition coefficient (Wildman–Crippen LogP) is 2.97. The van der Waals surface area contributed by atoms with E-state index in [9.17, 15) is 0 Å². The number of rotatable bonds is 3. The SMILES string of the molecule is Nc1nc(OC(I)c2ccccccccc2)c2nn[nH]c2n1. The summed E-state index contributed by atoms with van der Waals surface area (Å²) in [5.41, 5.74) is 7.55. The Morgan fingerprint density at radius 1 is 1.00 bits per heavy atom. The fourth-order valence-corrected chi connectivity index (χ4v) is 2.51. The van der Waals surface area contributed by atoms with Gasteiger partial charge in [0, 0.05) is 5.56 Å². The largest absolute Gasteiger partial charge is 0.457 e. The number of hydrogen-bond acceptors (Lipinski definition) is 6. The first kappa shape index (κ1) is 15.4. The summed E-state index contributed by atoms with van der Waals surface area (Å²) in [5, 5.41) is 10.3. The highest BCUT2D eigenvalue weighted by Gasteiger charge is 2.15. The lowest BCUT2D eigenvalue weighted by molar-refractivity contribution is 0.302. The third-order valence-electron chi connectivity index (χ3n) is 2.90. The molecule has 0 radical (unpaired) electrons. The number of halogens is 1. The van der Waals surface area contributed by atoms with Crippen molar-refractivity contribution in [3.8, 4) is 5.88 Å². The van der Waals surface area contributed by atoms with Gasteiger partial charge in [0.2, 0.25) is 5.95 Å². The molecule has 0 bridgehead atoms. The molecule has 3 N–H and O–H groups in total. The van der Waals surface area contributed by atoms with Gasteiger partial charge in [-0.05, 0) is 22.6 Å². The smallest absolute Gasteiger partial charge is 0.250 e. The van der Waals surface area contributed by atoms with E-state index in [0.717, 1.165) is 5.56 Å². The summed E-state index contributed by atoms with van der Waals surface area (Å²) in [6.07, 6.45) is 0. The molecule has 0 fully saturated rings. The summed E-state index contributed by atoms with van der Waals surface area (Å²) in [6.45, 7) is 0. The molecule has 2 heterocycles. The van der Waals surface area contributed by atoms with Crippen molar-refractivity contribution in [1.82, 2.24) is 25.4 Å². The molecule has 2 aromatic heterocycles. The van der Waals surface area contributed by atoms with E-state index in [0.29, 0.717) is 17.0 Å². The van der Waals surface area contributed by atoms with Gasteiger partial charge < -0.3 is 10.5 Å². The van der Waals surface area contributed by atoms with Gasteiger partial charge in [0.15, 0.2) is 15.3 Å². The summed E-state index contributed by atoms with van der Waals surface area (Å²) >= 11 is 2.18. The van der Waals surface area contributed by atoms with E-state index in [1.807, 2.05) is 54.6 Å². The Morgan fingerprint density at radius 3 is 2.35 bits per heavy atom. The Labute approximate surface area is 145 Å². The monoisotopic (exact) mass is 420 g/mol. The van der Waals surface area contributed by atoms with Crippen molar-refractivity contribution < 1.29 is 4.74 Å². The van der Waals surface area contributed by atoms with Gasteiger partial charge in [-0.15, -0.1) is 5.10 Å². The van der Waals surface area contributed by atoms with E-state index in [1.165, 1.54) is 0 Å². The molecule has 3 rings (SSSR count). The molecule has 7 nitrogen and oxygen atoms in total. The van der Waals surface area contributed by atoms with Gasteiger partial charge in [0.05, 0.1) is 0 Å². The van der Waals surface area contributed by atoms with Crippen LogP contribution in [0.15, 0.2) is 54.6 Å². The second-order valence-corrected chi connectivity index (χ2v) is 5.64. The summed E-state index contributed by atoms with van der Waals surface area (Å²) in [6, 6.07) is 17.6. The van der Waals surface area contributed by atoms with Crippen LogP contribution in [0.5, 0.6) is 5.88 Å². The average molecular weight is 420 g/mol. The molecule has 3 aromatic rings. The molecule has 0 aliphatic rings. The lowest BCUT2D eigenvalue weighted by Crippen LogP contribution is -2.04. The highest BCUT2D eigenvalue weighted by atomic mass is 127. The molecule has 8 heteroatoms. The second kappa shape index (κ2) is 7.18. The van der Waals surface area contributed by atoms with Crippen LogP contribution in [0.25, 0.3) is 11.2 Å². The number of aromatic amines is 1. The van der Waals surface area contributed by atoms with Crippen LogP contribution in [0, 0.1) is 0 Å². The summed E-state index contributed by atoms with van der Waals surface area (Å²) in [4.78, 5) is 8.12. The maximum atomic E-state index is 5.91. The molecule has 0 spiro atoms. The minimum absolute atomic E-state index is 0.102. The Bertz CT molecular complexity index is 842. The van der Waals surface area contributed by atoms with Crippen molar-refractivity contribution in [3.63, 3.8) is 0 Å². The fourth-order valence-electron chi connectivity index (χ4n) is 1.85. The minimum Gasteiger partial charge on any atom is -0.457 e. The number of hydrogen-bond donors (Lipinski definition) is 2. The molecule has 23 heavy (non-hydrogen) atoms. The van der Waals surface area contributed by atoms with Gasteiger partial charge in [-0.25, -0.2) is 5.10 Å². The van der Waals surface area contributed by atoms with E-state index >= 15 is 0 Å². The van der Waals surface area contributed by atoms with E-state index in [2.05, 4.69) is 48.0 Å². The van der Waals surface area contributed by atoms with Gasteiger partial charge in [0.1, 0.15) is 0 Å².